The van der Waals surface area contributed by atoms with Crippen LogP contribution in [0.2, 0.25) is 22.9 Å². The first-order chi connectivity index (χ1) is 12.0. The number of aromatic amines is 1. The molecule has 0 aliphatic carbocycles. The van der Waals surface area contributed by atoms with Crippen molar-refractivity contribution < 1.29 is 13.9 Å². The van der Waals surface area contributed by atoms with Gasteiger partial charge < -0.3 is 0 Å². The molecule has 2 fully saturated rings. The summed E-state index contributed by atoms with van der Waals surface area (Å²) >= 11 is 5.08. The average molecular weight is 463 g/mol. The Kier molecular flexibility index (Phi) is 5.26. The number of H-pyrrole nitrogens is 1. The number of fused-ring (bicyclic) bond motifs is 1. The van der Waals surface area contributed by atoms with Crippen LogP contribution >= 0.6 is 12.2 Å². The Morgan fingerprint density at radius 3 is 2.58 bits per heavy atom. The van der Waals surface area contributed by atoms with Crippen LogP contribution in [0.25, 0.3) is 0 Å². The van der Waals surface area contributed by atoms with E-state index in [4.69, 9.17) is 26.1 Å². The van der Waals surface area contributed by atoms with Gasteiger partial charge in [-0.2, -0.15) is 0 Å². The van der Waals surface area contributed by atoms with Gasteiger partial charge in [-0.15, -0.1) is 0 Å². The van der Waals surface area contributed by atoms with Crippen molar-refractivity contribution in [3.63, 3.8) is 0 Å². The molecular weight excluding hydrogens is 439 g/mol. The molecule has 1 aromatic heterocycles. The molecule has 0 unspecified atom stereocenters. The van der Waals surface area contributed by atoms with Crippen molar-refractivity contribution in [1.29, 1.82) is 0 Å². The fourth-order valence-electron chi connectivity index (χ4n) is 2.72. The van der Waals surface area contributed by atoms with Gasteiger partial charge in [-0.1, -0.05) is 0 Å². The third-order valence-corrected chi connectivity index (χ3v) is 13.2. The Hall–Kier alpha value is -0.934. The van der Waals surface area contributed by atoms with Gasteiger partial charge in [0.15, 0.2) is 0 Å². The maximum absolute atomic E-state index is 12.2. The molecule has 26 heavy (non-hydrogen) atoms. The van der Waals surface area contributed by atoms with Gasteiger partial charge in [-0.25, -0.2) is 0 Å². The van der Waals surface area contributed by atoms with Crippen molar-refractivity contribution in [2.75, 3.05) is 6.61 Å². The molecule has 0 radical (unpaired) electrons. The zero-order valence-electron chi connectivity index (χ0n) is 15.5. The number of hydrogen-bond donors (Lipinski definition) is 1. The van der Waals surface area contributed by atoms with Crippen LogP contribution in [0.4, 0.5) is 0 Å². The first-order valence-corrected chi connectivity index (χ1v) is 13.8. The van der Waals surface area contributed by atoms with E-state index >= 15 is 0 Å². The second-order valence-electron chi connectivity index (χ2n) is 8.07. The number of ether oxygens (including phenoxy) is 2. The van der Waals surface area contributed by atoms with E-state index in [2.05, 4.69) is 38.8 Å². The molecule has 0 saturated carbocycles. The summed E-state index contributed by atoms with van der Waals surface area (Å²) in [5, 5.41) is 0.241. The summed E-state index contributed by atoms with van der Waals surface area (Å²) < 4.78 is 19.3. The quantitative estimate of drug-likeness (QED) is 0.540. The third-order valence-electron chi connectivity index (χ3n) is 5.29. The van der Waals surface area contributed by atoms with Crippen LogP contribution in [-0.2, 0) is 13.9 Å². The van der Waals surface area contributed by atoms with E-state index in [1.54, 1.807) is 0 Å². The second kappa shape index (κ2) is 6.90. The molecule has 3 rings (SSSR count). The Balaban J connectivity index is 1.82. The molecule has 0 spiro atoms. The molecule has 0 amide bonds. The molecule has 1 N–H and O–H groups in total. The van der Waals surface area contributed by atoms with Crippen molar-refractivity contribution >= 4 is 40.7 Å². The van der Waals surface area contributed by atoms with Crippen molar-refractivity contribution in [1.82, 2.24) is 9.55 Å². The van der Waals surface area contributed by atoms with Gasteiger partial charge in [0.1, 0.15) is 0 Å². The van der Waals surface area contributed by atoms with Gasteiger partial charge in [0, 0.05) is 0 Å². The van der Waals surface area contributed by atoms with Crippen LogP contribution in [-0.4, -0.2) is 56.9 Å². The van der Waals surface area contributed by atoms with Crippen molar-refractivity contribution in [3.05, 3.63) is 33.1 Å². The van der Waals surface area contributed by atoms with Crippen molar-refractivity contribution in [3.8, 4) is 0 Å². The van der Waals surface area contributed by atoms with Crippen LogP contribution < -0.4 is 11.2 Å². The van der Waals surface area contributed by atoms with E-state index in [1.807, 2.05) is 0 Å². The van der Waals surface area contributed by atoms with Gasteiger partial charge in [-0.3, -0.25) is 0 Å². The van der Waals surface area contributed by atoms with Gasteiger partial charge in [0.05, 0.1) is 0 Å². The van der Waals surface area contributed by atoms with E-state index in [1.165, 1.54) is 16.8 Å². The molecule has 2 saturated heterocycles. The minimum absolute atomic E-state index is 0.00417. The molecule has 2 aliphatic heterocycles. The summed E-state index contributed by atoms with van der Waals surface area (Å²) in [5.41, 5.74) is -0.847. The average Bonchev–Trinajstić information content (AvgIpc) is 3.02. The summed E-state index contributed by atoms with van der Waals surface area (Å²) in [5.74, 6) is 0. The number of aromatic nitrogens is 2. The molecule has 7 nitrogen and oxygen atoms in total. The van der Waals surface area contributed by atoms with Crippen LogP contribution in [0, 0.1) is 0 Å². The molecule has 10 heteroatoms. The predicted molar refractivity (Wildman–Crippen MR) is 105 cm³/mol. The molecule has 3 heterocycles. The predicted octanol–water partition coefficient (Wildman–Crippen LogP) is 1.63. The van der Waals surface area contributed by atoms with Crippen molar-refractivity contribution in [2.24, 2.45) is 0 Å². The monoisotopic (exact) mass is 464 g/mol. The number of rotatable bonds is 4. The summed E-state index contributed by atoms with van der Waals surface area (Å²) in [7, 11) is -1.89. The molecular formula is C16H24N2O5SSeSi. The Bertz CT molecular complexity index is 818. The summed E-state index contributed by atoms with van der Waals surface area (Å²) in [4.78, 5) is 25.8. The second-order valence-corrected chi connectivity index (χ2v) is 16.1. The van der Waals surface area contributed by atoms with E-state index in [-0.39, 0.29) is 47.2 Å². The molecule has 2 aliphatic rings. The van der Waals surface area contributed by atoms with Crippen LogP contribution in [0.1, 0.15) is 25.7 Å². The van der Waals surface area contributed by atoms with Gasteiger partial charge in [-0.05, 0) is 0 Å². The van der Waals surface area contributed by atoms with E-state index in [0.717, 1.165) is 0 Å². The Morgan fingerprint density at radius 1 is 1.31 bits per heavy atom. The molecule has 144 valence electrons. The number of thiocarbonyl (C=S) groups is 1. The standard InChI is InChI=1S/C16H24N2O5SSeSi/c1-16(2,3)26(4,5)21-8-9-11-12(23-15(24)22-11)13(25-9)18-7-6-10(19)17-14(18)20/h6-7,9,11-13H,8H2,1-5H3,(H,17,19,20)/t9-,11-,12-,13-/m1/s1. The van der Waals surface area contributed by atoms with Crippen LogP contribution in [0.15, 0.2) is 21.9 Å². The van der Waals surface area contributed by atoms with Crippen LogP contribution in [0.5, 0.6) is 0 Å². The van der Waals surface area contributed by atoms with E-state index in [0.29, 0.717) is 6.61 Å². The topological polar surface area (TPSA) is 82.6 Å². The Labute approximate surface area is 164 Å². The summed E-state index contributed by atoms with van der Waals surface area (Å²) in [6.07, 6.45) is 0.988. The fourth-order valence-corrected chi connectivity index (χ4v) is 7.46. The third kappa shape index (κ3) is 3.70. The summed E-state index contributed by atoms with van der Waals surface area (Å²) in [6.45, 7) is 11.6. The maximum atomic E-state index is 12.2. The van der Waals surface area contributed by atoms with Gasteiger partial charge >= 0.3 is 165 Å². The normalized spacial score (nSPS) is 28.6. The number of nitrogens with one attached hydrogen (secondary N) is 1. The SMILES string of the molecule is CC(C)(C)[Si](C)(C)OC[C@H]1[Se][C@@H](n2ccc(=O)[nH]c2=O)[C@@H]2OC(=S)O[C@@H]21. The molecule has 0 aromatic carbocycles. The zero-order chi connectivity index (χ0) is 19.3. The van der Waals surface area contributed by atoms with E-state index < -0.39 is 19.6 Å². The first-order valence-electron chi connectivity index (χ1n) is 8.48. The first kappa shape index (κ1) is 19.8. The fraction of sp³-hybridized carbons (Fsp3) is 0.688. The van der Waals surface area contributed by atoms with Gasteiger partial charge in [0.25, 0.3) is 0 Å². The minimum atomic E-state index is -1.89. The van der Waals surface area contributed by atoms with Crippen molar-refractivity contribution in [2.45, 2.75) is 60.9 Å². The van der Waals surface area contributed by atoms with E-state index in [9.17, 15) is 9.59 Å². The van der Waals surface area contributed by atoms with Crippen LogP contribution in [0.3, 0.4) is 0 Å². The molecule has 4 atom stereocenters. The molecule has 1 aromatic rings. The van der Waals surface area contributed by atoms with Gasteiger partial charge in [0.2, 0.25) is 0 Å². The molecule has 0 bridgehead atoms. The number of nitrogens with zero attached hydrogens (tertiary/aromatic N) is 1. The summed E-state index contributed by atoms with van der Waals surface area (Å²) in [6, 6.07) is 1.35. The zero-order valence-corrected chi connectivity index (χ0v) is 19.0. The number of hydrogen-bond acceptors (Lipinski definition) is 6. The Morgan fingerprint density at radius 2 is 1.96 bits per heavy atom.